The molecule has 2 amide bonds. The lowest BCUT2D eigenvalue weighted by atomic mass is 10.3. The summed E-state index contributed by atoms with van der Waals surface area (Å²) in [5.74, 6) is -3.29. The molecule has 0 aliphatic rings. The number of carbonyl (C=O) groups is 2. The average molecular weight is 298 g/mol. The molecular formula is C12H8F2N2O3S. The van der Waals surface area contributed by atoms with E-state index >= 15 is 0 Å². The number of hydrogen-bond acceptors (Lipinski definition) is 3. The number of aromatic carboxylic acids is 1. The molecule has 8 heteroatoms. The van der Waals surface area contributed by atoms with E-state index in [2.05, 4.69) is 10.6 Å². The van der Waals surface area contributed by atoms with Gasteiger partial charge in [0.15, 0.2) is 11.6 Å². The van der Waals surface area contributed by atoms with Crippen LogP contribution < -0.4 is 10.6 Å². The molecule has 0 spiro atoms. The average Bonchev–Trinajstić information content (AvgIpc) is 2.82. The van der Waals surface area contributed by atoms with Gasteiger partial charge in [0.1, 0.15) is 5.00 Å². The van der Waals surface area contributed by atoms with E-state index in [0.717, 1.165) is 23.5 Å². The summed E-state index contributed by atoms with van der Waals surface area (Å²) in [4.78, 5) is 22.5. The maximum atomic E-state index is 13.0. The third-order valence-corrected chi connectivity index (χ3v) is 3.13. The van der Waals surface area contributed by atoms with Crippen LogP contribution in [0.25, 0.3) is 0 Å². The standard InChI is InChI=1S/C12H8F2N2O3S/c13-8-2-1-6(5-9(8)14)15-12(19)16-10-7(11(17)18)3-4-20-10/h1-5H,(H,17,18)(H2,15,16,19). The van der Waals surface area contributed by atoms with E-state index in [0.29, 0.717) is 0 Å². The van der Waals surface area contributed by atoms with Gasteiger partial charge in [0.05, 0.1) is 5.56 Å². The third kappa shape index (κ3) is 3.09. The van der Waals surface area contributed by atoms with Crippen molar-refractivity contribution in [2.45, 2.75) is 0 Å². The summed E-state index contributed by atoms with van der Waals surface area (Å²) in [6.45, 7) is 0. The Hall–Kier alpha value is -2.48. The fourth-order valence-corrected chi connectivity index (χ4v) is 2.19. The summed E-state index contributed by atoms with van der Waals surface area (Å²) in [7, 11) is 0. The zero-order valence-corrected chi connectivity index (χ0v) is 10.6. The summed E-state index contributed by atoms with van der Waals surface area (Å²) >= 11 is 1.04. The van der Waals surface area contributed by atoms with Gasteiger partial charge >= 0.3 is 12.0 Å². The summed E-state index contributed by atoms with van der Waals surface area (Å²) in [6, 6.07) is 3.48. The van der Waals surface area contributed by atoms with Gasteiger partial charge in [-0.3, -0.25) is 5.32 Å². The first-order valence-corrected chi connectivity index (χ1v) is 6.19. The van der Waals surface area contributed by atoms with Crippen molar-refractivity contribution in [3.05, 3.63) is 46.8 Å². The fraction of sp³-hybridized carbons (Fsp3) is 0. The van der Waals surface area contributed by atoms with Crippen molar-refractivity contribution in [2.75, 3.05) is 10.6 Å². The second kappa shape index (κ2) is 5.66. The van der Waals surface area contributed by atoms with Crippen molar-refractivity contribution < 1.29 is 23.5 Å². The number of urea groups is 1. The molecule has 0 radical (unpaired) electrons. The highest BCUT2D eigenvalue weighted by Crippen LogP contribution is 2.23. The Morgan fingerprint density at radius 2 is 1.85 bits per heavy atom. The van der Waals surface area contributed by atoms with E-state index in [1.807, 2.05) is 0 Å². The van der Waals surface area contributed by atoms with Crippen LogP contribution in [0.2, 0.25) is 0 Å². The topological polar surface area (TPSA) is 78.4 Å². The number of carboxylic acid groups (broad SMARTS) is 1. The van der Waals surface area contributed by atoms with Crippen LogP contribution in [-0.4, -0.2) is 17.1 Å². The Morgan fingerprint density at radius 3 is 2.50 bits per heavy atom. The molecule has 2 aromatic rings. The van der Waals surface area contributed by atoms with Gasteiger partial charge in [0.2, 0.25) is 0 Å². The number of benzene rings is 1. The molecule has 0 atom stereocenters. The SMILES string of the molecule is O=C(Nc1ccc(F)c(F)c1)Nc1sccc1C(=O)O. The summed E-state index contributed by atoms with van der Waals surface area (Å²) in [5, 5.41) is 15.1. The number of anilines is 2. The molecule has 0 bridgehead atoms. The zero-order valence-electron chi connectivity index (χ0n) is 9.81. The Balaban J connectivity index is 2.07. The lowest BCUT2D eigenvalue weighted by molar-refractivity contribution is 0.0698. The molecule has 104 valence electrons. The molecule has 5 nitrogen and oxygen atoms in total. The molecule has 1 aromatic heterocycles. The summed E-state index contributed by atoms with van der Waals surface area (Å²) in [5.41, 5.74) is 0.00488. The maximum Gasteiger partial charge on any atom is 0.338 e. The predicted molar refractivity (Wildman–Crippen MR) is 70.3 cm³/mol. The monoisotopic (exact) mass is 298 g/mol. The third-order valence-electron chi connectivity index (χ3n) is 2.30. The van der Waals surface area contributed by atoms with E-state index in [1.54, 1.807) is 0 Å². The normalized spacial score (nSPS) is 10.1. The minimum Gasteiger partial charge on any atom is -0.478 e. The molecule has 3 N–H and O–H groups in total. The molecule has 0 saturated heterocycles. The molecule has 0 fully saturated rings. The van der Waals surface area contributed by atoms with E-state index in [-0.39, 0.29) is 16.3 Å². The molecule has 0 unspecified atom stereocenters. The molecule has 0 saturated carbocycles. The van der Waals surface area contributed by atoms with E-state index < -0.39 is 23.6 Å². The molecule has 1 heterocycles. The van der Waals surface area contributed by atoms with Crippen LogP contribution >= 0.6 is 11.3 Å². The number of nitrogens with one attached hydrogen (secondary N) is 2. The summed E-state index contributed by atoms with van der Waals surface area (Å²) in [6.07, 6.45) is 0. The van der Waals surface area contributed by atoms with Crippen LogP contribution in [-0.2, 0) is 0 Å². The number of thiophene rings is 1. The van der Waals surface area contributed by atoms with E-state index in [9.17, 15) is 18.4 Å². The van der Waals surface area contributed by atoms with Crippen LogP contribution in [0.15, 0.2) is 29.6 Å². The number of halogens is 2. The van der Waals surface area contributed by atoms with Crippen LogP contribution in [0.1, 0.15) is 10.4 Å². The van der Waals surface area contributed by atoms with Gasteiger partial charge < -0.3 is 10.4 Å². The Kier molecular flexibility index (Phi) is 3.94. The largest absolute Gasteiger partial charge is 0.478 e. The van der Waals surface area contributed by atoms with Crippen LogP contribution in [0.4, 0.5) is 24.3 Å². The minimum absolute atomic E-state index is 0.0459. The van der Waals surface area contributed by atoms with Gasteiger partial charge in [-0.25, -0.2) is 18.4 Å². The first-order valence-electron chi connectivity index (χ1n) is 5.31. The van der Waals surface area contributed by atoms with E-state index in [1.165, 1.54) is 17.5 Å². The van der Waals surface area contributed by atoms with Gasteiger partial charge in [0, 0.05) is 11.8 Å². The number of amides is 2. The zero-order chi connectivity index (χ0) is 14.7. The first-order chi connectivity index (χ1) is 9.47. The number of hydrogen-bond donors (Lipinski definition) is 3. The second-order valence-corrected chi connectivity index (χ2v) is 4.59. The Morgan fingerprint density at radius 1 is 1.10 bits per heavy atom. The number of rotatable bonds is 3. The second-order valence-electron chi connectivity index (χ2n) is 3.68. The van der Waals surface area contributed by atoms with Crippen LogP contribution in [0.5, 0.6) is 0 Å². The number of carbonyl (C=O) groups excluding carboxylic acids is 1. The van der Waals surface area contributed by atoms with Gasteiger partial charge in [0.25, 0.3) is 0 Å². The maximum absolute atomic E-state index is 13.0. The Labute approximate surface area is 115 Å². The molecule has 2 rings (SSSR count). The van der Waals surface area contributed by atoms with Gasteiger partial charge in [-0.1, -0.05) is 0 Å². The smallest absolute Gasteiger partial charge is 0.338 e. The fourth-order valence-electron chi connectivity index (χ4n) is 1.41. The highest BCUT2D eigenvalue weighted by Gasteiger charge is 2.14. The lowest BCUT2D eigenvalue weighted by Gasteiger charge is -2.07. The van der Waals surface area contributed by atoms with Crippen LogP contribution in [0, 0.1) is 11.6 Å². The van der Waals surface area contributed by atoms with Crippen molar-refractivity contribution in [2.24, 2.45) is 0 Å². The lowest BCUT2D eigenvalue weighted by Crippen LogP contribution is -2.20. The van der Waals surface area contributed by atoms with Gasteiger partial charge in [-0.05, 0) is 23.6 Å². The van der Waals surface area contributed by atoms with Crippen LogP contribution in [0.3, 0.4) is 0 Å². The van der Waals surface area contributed by atoms with Gasteiger partial charge in [-0.2, -0.15) is 0 Å². The molecule has 20 heavy (non-hydrogen) atoms. The molecule has 1 aromatic carbocycles. The van der Waals surface area contributed by atoms with E-state index in [4.69, 9.17) is 5.11 Å². The molecular weight excluding hydrogens is 290 g/mol. The highest BCUT2D eigenvalue weighted by atomic mass is 32.1. The van der Waals surface area contributed by atoms with Crippen molar-refractivity contribution >= 4 is 34.0 Å². The molecule has 0 aliphatic heterocycles. The predicted octanol–water partition coefficient (Wildman–Crippen LogP) is 3.37. The highest BCUT2D eigenvalue weighted by molar-refractivity contribution is 7.14. The van der Waals surface area contributed by atoms with Crippen molar-refractivity contribution in [1.82, 2.24) is 0 Å². The quantitative estimate of drug-likeness (QED) is 0.813. The van der Waals surface area contributed by atoms with Crippen molar-refractivity contribution in [1.29, 1.82) is 0 Å². The first kappa shape index (κ1) is 13.9. The minimum atomic E-state index is -1.17. The Bertz CT molecular complexity index is 672. The van der Waals surface area contributed by atoms with Crippen molar-refractivity contribution in [3.8, 4) is 0 Å². The van der Waals surface area contributed by atoms with Gasteiger partial charge in [-0.15, -0.1) is 11.3 Å². The molecule has 0 aliphatic carbocycles. The number of carboxylic acids is 1. The summed E-state index contributed by atoms with van der Waals surface area (Å²) < 4.78 is 25.7. The van der Waals surface area contributed by atoms with Crippen molar-refractivity contribution in [3.63, 3.8) is 0 Å².